The Balaban J connectivity index is 2.04. The molecule has 5 nitrogen and oxygen atoms in total. The van der Waals surface area contributed by atoms with Crippen LogP contribution in [0.25, 0.3) is 0 Å². The quantitative estimate of drug-likeness (QED) is 0.753. The molecule has 0 radical (unpaired) electrons. The molecule has 0 aromatic heterocycles. The van der Waals surface area contributed by atoms with E-state index in [-0.39, 0.29) is 40.8 Å². The van der Waals surface area contributed by atoms with Gasteiger partial charge < -0.3 is 20.1 Å². The highest BCUT2D eigenvalue weighted by Gasteiger charge is 2.31. The number of hydrogen-bond acceptors (Lipinski definition) is 5. The van der Waals surface area contributed by atoms with E-state index in [0.717, 1.165) is 11.6 Å². The topological polar surface area (TPSA) is 87.0 Å². The van der Waals surface area contributed by atoms with Crippen LogP contribution in [0.5, 0.6) is 23.0 Å². The number of aryl methyl sites for hydroxylation is 2. The summed E-state index contributed by atoms with van der Waals surface area (Å²) in [6.07, 6.45) is -0.422. The molecule has 1 aliphatic rings. The fraction of sp³-hybridized carbons (Fsp3) is 0.235. The van der Waals surface area contributed by atoms with Crippen LogP contribution < -0.4 is 4.74 Å². The summed E-state index contributed by atoms with van der Waals surface area (Å²) in [6.45, 7) is 3.56. The summed E-state index contributed by atoms with van der Waals surface area (Å²) in [7, 11) is 0. The third-order valence-electron chi connectivity index (χ3n) is 3.87. The van der Waals surface area contributed by atoms with Crippen molar-refractivity contribution in [3.8, 4) is 23.0 Å². The van der Waals surface area contributed by atoms with E-state index in [1.165, 1.54) is 6.07 Å². The highest BCUT2D eigenvalue weighted by molar-refractivity contribution is 6.02. The normalized spacial score (nSPS) is 17.0. The Morgan fingerprint density at radius 2 is 1.68 bits per heavy atom. The van der Waals surface area contributed by atoms with Crippen LogP contribution in [-0.2, 0) is 0 Å². The summed E-state index contributed by atoms with van der Waals surface area (Å²) < 4.78 is 5.78. The van der Waals surface area contributed by atoms with Crippen molar-refractivity contribution in [3.63, 3.8) is 0 Å². The van der Waals surface area contributed by atoms with Gasteiger partial charge in [-0.2, -0.15) is 0 Å². The first-order valence-corrected chi connectivity index (χ1v) is 6.92. The molecule has 0 amide bonds. The Morgan fingerprint density at radius 3 is 2.32 bits per heavy atom. The molecule has 0 saturated carbocycles. The molecular formula is C17H16O5. The van der Waals surface area contributed by atoms with Crippen molar-refractivity contribution in [1.82, 2.24) is 0 Å². The van der Waals surface area contributed by atoms with Gasteiger partial charge in [0.15, 0.2) is 5.78 Å². The highest BCUT2D eigenvalue weighted by atomic mass is 16.5. The Morgan fingerprint density at radius 1 is 1.05 bits per heavy atom. The number of phenolic OH excluding ortho intramolecular Hbond substituents is 3. The maximum Gasteiger partial charge on any atom is 0.174 e. The minimum absolute atomic E-state index is 0.0923. The van der Waals surface area contributed by atoms with Crippen molar-refractivity contribution in [2.24, 2.45) is 0 Å². The van der Waals surface area contributed by atoms with Gasteiger partial charge in [-0.05, 0) is 42.7 Å². The second kappa shape index (κ2) is 4.94. The van der Waals surface area contributed by atoms with Crippen LogP contribution in [-0.4, -0.2) is 21.1 Å². The average molecular weight is 300 g/mol. The van der Waals surface area contributed by atoms with Gasteiger partial charge in [-0.25, -0.2) is 0 Å². The molecule has 0 spiro atoms. The molecule has 22 heavy (non-hydrogen) atoms. The smallest absolute Gasteiger partial charge is 0.174 e. The summed E-state index contributed by atoms with van der Waals surface area (Å²) in [4.78, 5) is 12.3. The number of ketones is 1. The number of Topliss-reactive ketones (excluding diaryl/α,β-unsaturated/α-hetero) is 1. The molecule has 0 bridgehead atoms. The lowest BCUT2D eigenvalue weighted by atomic mass is 9.93. The van der Waals surface area contributed by atoms with Gasteiger partial charge in [0.05, 0.1) is 6.42 Å². The molecule has 1 heterocycles. The minimum atomic E-state index is -0.515. The third kappa shape index (κ3) is 2.24. The molecule has 0 aliphatic carbocycles. The Labute approximate surface area is 127 Å². The molecule has 114 valence electrons. The first-order valence-electron chi connectivity index (χ1n) is 6.92. The first-order chi connectivity index (χ1) is 10.4. The maximum absolute atomic E-state index is 12.3. The van der Waals surface area contributed by atoms with Crippen molar-refractivity contribution in [3.05, 3.63) is 46.5 Å². The fourth-order valence-corrected chi connectivity index (χ4v) is 2.79. The average Bonchev–Trinajstić information content (AvgIpc) is 2.42. The largest absolute Gasteiger partial charge is 0.508 e. The predicted octanol–water partition coefficient (Wildman–Crippen LogP) is 3.13. The standard InChI is InChI=1S/C17H16O5/c1-8-3-10(4-9(2)17(8)21)14-7-13(20)16-12(19)5-11(18)6-15(16)22-14/h3-6,14,18-19,21H,7H2,1-2H3. The number of aromatic hydroxyl groups is 3. The summed E-state index contributed by atoms with van der Waals surface area (Å²) in [5.41, 5.74) is 2.28. The third-order valence-corrected chi connectivity index (χ3v) is 3.87. The van der Waals surface area contributed by atoms with Gasteiger partial charge in [0, 0.05) is 12.1 Å². The summed E-state index contributed by atoms with van der Waals surface area (Å²) in [5.74, 6) is -0.296. The summed E-state index contributed by atoms with van der Waals surface area (Å²) >= 11 is 0. The van der Waals surface area contributed by atoms with Crippen LogP contribution in [0.1, 0.15) is 39.6 Å². The van der Waals surface area contributed by atoms with Crippen LogP contribution >= 0.6 is 0 Å². The van der Waals surface area contributed by atoms with E-state index in [4.69, 9.17) is 4.74 Å². The Hall–Kier alpha value is -2.69. The molecule has 2 aromatic rings. The number of fused-ring (bicyclic) bond motifs is 1. The number of carbonyl (C=O) groups excluding carboxylic acids is 1. The maximum atomic E-state index is 12.3. The number of phenols is 3. The van der Waals surface area contributed by atoms with Gasteiger partial charge in [0.25, 0.3) is 0 Å². The number of benzene rings is 2. The minimum Gasteiger partial charge on any atom is -0.508 e. The molecule has 1 atom stereocenters. The van der Waals surface area contributed by atoms with Gasteiger partial charge in [0.2, 0.25) is 0 Å². The molecule has 2 aromatic carbocycles. The highest BCUT2D eigenvalue weighted by Crippen LogP contribution is 2.42. The van der Waals surface area contributed by atoms with E-state index < -0.39 is 6.10 Å². The first kappa shape index (κ1) is 14.3. The Kier molecular flexibility index (Phi) is 3.20. The van der Waals surface area contributed by atoms with E-state index in [0.29, 0.717) is 11.1 Å². The lowest BCUT2D eigenvalue weighted by Gasteiger charge is -2.26. The van der Waals surface area contributed by atoms with E-state index in [1.807, 2.05) is 0 Å². The summed E-state index contributed by atoms with van der Waals surface area (Å²) in [5, 5.41) is 29.2. The van der Waals surface area contributed by atoms with Crippen molar-refractivity contribution in [2.75, 3.05) is 0 Å². The molecule has 1 aliphatic heterocycles. The lowest BCUT2D eigenvalue weighted by Crippen LogP contribution is -2.20. The van der Waals surface area contributed by atoms with Crippen molar-refractivity contribution in [2.45, 2.75) is 26.4 Å². The zero-order valence-electron chi connectivity index (χ0n) is 12.3. The number of ether oxygens (including phenoxy) is 1. The molecule has 0 fully saturated rings. The van der Waals surface area contributed by atoms with Gasteiger partial charge in [-0.3, -0.25) is 4.79 Å². The Bertz CT molecular complexity index is 756. The molecule has 5 heteroatoms. The van der Waals surface area contributed by atoms with E-state index in [1.54, 1.807) is 26.0 Å². The van der Waals surface area contributed by atoms with Gasteiger partial charge in [0.1, 0.15) is 34.7 Å². The molecule has 3 N–H and O–H groups in total. The molecule has 0 saturated heterocycles. The van der Waals surface area contributed by atoms with Crippen molar-refractivity contribution in [1.29, 1.82) is 0 Å². The lowest BCUT2D eigenvalue weighted by molar-refractivity contribution is 0.0844. The van der Waals surface area contributed by atoms with E-state index >= 15 is 0 Å². The fourth-order valence-electron chi connectivity index (χ4n) is 2.79. The van der Waals surface area contributed by atoms with Crippen LogP contribution in [0.15, 0.2) is 24.3 Å². The summed E-state index contributed by atoms with van der Waals surface area (Å²) in [6, 6.07) is 5.98. The molecular weight excluding hydrogens is 284 g/mol. The predicted molar refractivity (Wildman–Crippen MR) is 79.7 cm³/mol. The van der Waals surface area contributed by atoms with Crippen molar-refractivity contribution >= 4 is 5.78 Å². The van der Waals surface area contributed by atoms with Crippen molar-refractivity contribution < 1.29 is 24.9 Å². The van der Waals surface area contributed by atoms with Gasteiger partial charge in [-0.1, -0.05) is 0 Å². The zero-order chi connectivity index (χ0) is 16.0. The van der Waals surface area contributed by atoms with Crippen LogP contribution in [0.2, 0.25) is 0 Å². The van der Waals surface area contributed by atoms with Crippen LogP contribution in [0.3, 0.4) is 0 Å². The van der Waals surface area contributed by atoms with Crippen LogP contribution in [0.4, 0.5) is 0 Å². The molecule has 3 rings (SSSR count). The number of carbonyl (C=O) groups is 1. The second-order valence-corrected chi connectivity index (χ2v) is 5.58. The van der Waals surface area contributed by atoms with E-state index in [9.17, 15) is 20.1 Å². The number of rotatable bonds is 1. The van der Waals surface area contributed by atoms with Gasteiger partial charge in [-0.15, -0.1) is 0 Å². The number of hydrogen-bond donors (Lipinski definition) is 3. The SMILES string of the molecule is Cc1cc(C2CC(=O)c3c(O)cc(O)cc3O2)cc(C)c1O. The van der Waals surface area contributed by atoms with Crippen LogP contribution in [0, 0.1) is 13.8 Å². The van der Waals surface area contributed by atoms with Gasteiger partial charge >= 0.3 is 0 Å². The zero-order valence-corrected chi connectivity index (χ0v) is 12.3. The molecule has 1 unspecified atom stereocenters. The van der Waals surface area contributed by atoms with E-state index in [2.05, 4.69) is 0 Å². The second-order valence-electron chi connectivity index (χ2n) is 5.58. The monoisotopic (exact) mass is 300 g/mol.